The summed E-state index contributed by atoms with van der Waals surface area (Å²) in [6, 6.07) is 0.0766. The predicted molar refractivity (Wildman–Crippen MR) is 67.5 cm³/mol. The van der Waals surface area contributed by atoms with Crippen molar-refractivity contribution in [3.63, 3.8) is 0 Å². The van der Waals surface area contributed by atoms with Gasteiger partial charge in [-0.25, -0.2) is 0 Å². The third-order valence-electron chi connectivity index (χ3n) is 2.67. The molecule has 0 aromatic heterocycles. The number of hydrogen-bond acceptors (Lipinski definition) is 4. The Balaban J connectivity index is 2.37. The molecule has 2 unspecified atom stereocenters. The van der Waals surface area contributed by atoms with Crippen molar-refractivity contribution in [2.75, 3.05) is 24.8 Å². The van der Waals surface area contributed by atoms with E-state index >= 15 is 0 Å². The third-order valence-corrected chi connectivity index (χ3v) is 3.61. The zero-order valence-corrected chi connectivity index (χ0v) is 11.1. The van der Waals surface area contributed by atoms with Crippen molar-refractivity contribution in [2.24, 2.45) is 5.92 Å². The molecule has 1 heterocycles. The van der Waals surface area contributed by atoms with Crippen LogP contribution in [0.1, 0.15) is 20.8 Å². The molecule has 1 saturated heterocycles. The fourth-order valence-electron chi connectivity index (χ4n) is 1.49. The van der Waals surface area contributed by atoms with Gasteiger partial charge in [0.1, 0.15) is 0 Å². The number of ether oxygens (including phenoxy) is 1. The fourth-order valence-corrected chi connectivity index (χ4v) is 2.43. The first-order valence-electron chi connectivity index (χ1n) is 5.84. The molecular formula is C11H22N2O2S. The van der Waals surface area contributed by atoms with Crippen molar-refractivity contribution in [1.82, 2.24) is 10.6 Å². The average molecular weight is 246 g/mol. The molecule has 2 atom stereocenters. The van der Waals surface area contributed by atoms with E-state index in [2.05, 4.69) is 24.5 Å². The Morgan fingerprint density at radius 3 is 2.88 bits per heavy atom. The van der Waals surface area contributed by atoms with E-state index in [1.807, 2.05) is 6.92 Å². The molecule has 2 N–H and O–H groups in total. The van der Waals surface area contributed by atoms with Crippen LogP contribution >= 0.6 is 11.8 Å². The van der Waals surface area contributed by atoms with Gasteiger partial charge in [-0.3, -0.25) is 10.1 Å². The van der Waals surface area contributed by atoms with Crippen LogP contribution in [0.15, 0.2) is 0 Å². The number of amides is 1. The van der Waals surface area contributed by atoms with Gasteiger partial charge in [-0.05, 0) is 12.8 Å². The lowest BCUT2D eigenvalue weighted by molar-refractivity contribution is -0.124. The monoisotopic (exact) mass is 246 g/mol. The molecule has 0 spiro atoms. The predicted octanol–water partition coefficient (Wildman–Crippen LogP) is 0.826. The molecule has 0 aromatic rings. The lowest BCUT2D eigenvalue weighted by Gasteiger charge is -2.23. The Morgan fingerprint density at radius 1 is 1.62 bits per heavy atom. The minimum Gasteiger partial charge on any atom is -0.380 e. The topological polar surface area (TPSA) is 50.4 Å². The highest BCUT2D eigenvalue weighted by atomic mass is 32.2. The van der Waals surface area contributed by atoms with Crippen LogP contribution in [0.2, 0.25) is 0 Å². The van der Waals surface area contributed by atoms with Gasteiger partial charge in [-0.15, -0.1) is 11.8 Å². The molecule has 16 heavy (non-hydrogen) atoms. The van der Waals surface area contributed by atoms with Gasteiger partial charge in [-0.1, -0.05) is 13.8 Å². The Labute approximate surface area is 102 Å². The summed E-state index contributed by atoms with van der Waals surface area (Å²) in [5.41, 5.74) is 0. The van der Waals surface area contributed by atoms with Crippen LogP contribution in [0.4, 0.5) is 0 Å². The molecule has 1 aliphatic rings. The minimum absolute atomic E-state index is 0.0344. The molecule has 0 aromatic carbocycles. The molecule has 0 radical (unpaired) electrons. The molecule has 4 nitrogen and oxygen atoms in total. The first kappa shape index (κ1) is 13.8. The van der Waals surface area contributed by atoms with E-state index in [4.69, 9.17) is 4.74 Å². The van der Waals surface area contributed by atoms with Crippen LogP contribution < -0.4 is 10.6 Å². The van der Waals surface area contributed by atoms with Crippen LogP contribution in [-0.4, -0.2) is 42.8 Å². The summed E-state index contributed by atoms with van der Waals surface area (Å²) >= 11 is 1.76. The van der Waals surface area contributed by atoms with Crippen LogP contribution in [0.25, 0.3) is 0 Å². The SMILES string of the molecule is CCOCC(NC(=O)C1CSCN1)C(C)C. The molecule has 0 bridgehead atoms. The standard InChI is InChI=1S/C11H22N2O2S/c1-4-15-5-9(8(2)3)13-11(14)10-6-16-7-12-10/h8-10,12H,4-7H2,1-3H3,(H,13,14). The number of hydrogen-bond donors (Lipinski definition) is 2. The molecule has 1 fully saturated rings. The first-order chi connectivity index (χ1) is 7.65. The van der Waals surface area contributed by atoms with E-state index in [1.54, 1.807) is 11.8 Å². The summed E-state index contributed by atoms with van der Waals surface area (Å²) < 4.78 is 5.38. The average Bonchev–Trinajstić information content (AvgIpc) is 2.76. The zero-order chi connectivity index (χ0) is 12.0. The van der Waals surface area contributed by atoms with Crippen molar-refractivity contribution < 1.29 is 9.53 Å². The summed E-state index contributed by atoms with van der Waals surface area (Å²) in [6.45, 7) is 7.45. The summed E-state index contributed by atoms with van der Waals surface area (Å²) in [7, 11) is 0. The van der Waals surface area contributed by atoms with Gasteiger partial charge in [0.15, 0.2) is 0 Å². The summed E-state index contributed by atoms with van der Waals surface area (Å²) in [5, 5.41) is 6.22. The van der Waals surface area contributed by atoms with E-state index in [1.165, 1.54) is 0 Å². The van der Waals surface area contributed by atoms with Gasteiger partial charge >= 0.3 is 0 Å². The minimum atomic E-state index is -0.0344. The van der Waals surface area contributed by atoms with E-state index in [0.29, 0.717) is 19.1 Å². The lowest BCUT2D eigenvalue weighted by atomic mass is 10.1. The van der Waals surface area contributed by atoms with Gasteiger partial charge < -0.3 is 10.1 Å². The van der Waals surface area contributed by atoms with Crippen LogP contribution in [0.5, 0.6) is 0 Å². The number of carbonyl (C=O) groups excluding carboxylic acids is 1. The van der Waals surface area contributed by atoms with Gasteiger partial charge in [0, 0.05) is 18.2 Å². The smallest absolute Gasteiger partial charge is 0.238 e. The highest BCUT2D eigenvalue weighted by Gasteiger charge is 2.25. The van der Waals surface area contributed by atoms with Crippen molar-refractivity contribution >= 4 is 17.7 Å². The van der Waals surface area contributed by atoms with E-state index in [9.17, 15) is 4.79 Å². The number of thioether (sulfide) groups is 1. The first-order valence-corrected chi connectivity index (χ1v) is 6.99. The second-order valence-corrected chi connectivity index (χ2v) is 5.32. The van der Waals surface area contributed by atoms with Gasteiger partial charge in [0.05, 0.1) is 18.7 Å². The quantitative estimate of drug-likeness (QED) is 0.729. The maximum absolute atomic E-state index is 11.9. The Hall–Kier alpha value is -0.260. The van der Waals surface area contributed by atoms with Crippen LogP contribution in [0, 0.1) is 5.92 Å². The highest BCUT2D eigenvalue weighted by Crippen LogP contribution is 2.10. The van der Waals surface area contributed by atoms with Crippen LogP contribution in [-0.2, 0) is 9.53 Å². The third kappa shape index (κ3) is 4.31. The van der Waals surface area contributed by atoms with Crippen molar-refractivity contribution in [3.05, 3.63) is 0 Å². The normalized spacial score (nSPS) is 22.4. The molecule has 0 saturated carbocycles. The molecular weight excluding hydrogens is 224 g/mol. The number of carbonyl (C=O) groups is 1. The van der Waals surface area contributed by atoms with E-state index in [-0.39, 0.29) is 18.0 Å². The highest BCUT2D eigenvalue weighted by molar-refractivity contribution is 7.99. The van der Waals surface area contributed by atoms with Crippen molar-refractivity contribution in [2.45, 2.75) is 32.9 Å². The zero-order valence-electron chi connectivity index (χ0n) is 10.3. The van der Waals surface area contributed by atoms with E-state index in [0.717, 1.165) is 11.6 Å². The Morgan fingerprint density at radius 2 is 2.38 bits per heavy atom. The van der Waals surface area contributed by atoms with Crippen LogP contribution in [0.3, 0.4) is 0 Å². The van der Waals surface area contributed by atoms with E-state index < -0.39 is 0 Å². The molecule has 1 amide bonds. The number of nitrogens with one attached hydrogen (secondary N) is 2. The molecule has 1 aliphatic heterocycles. The summed E-state index contributed by atoms with van der Waals surface area (Å²) in [4.78, 5) is 11.9. The molecule has 0 aliphatic carbocycles. The van der Waals surface area contributed by atoms with Gasteiger partial charge in [-0.2, -0.15) is 0 Å². The maximum Gasteiger partial charge on any atom is 0.238 e. The van der Waals surface area contributed by atoms with Gasteiger partial charge in [0.2, 0.25) is 5.91 Å². The largest absolute Gasteiger partial charge is 0.380 e. The van der Waals surface area contributed by atoms with Crippen molar-refractivity contribution in [1.29, 1.82) is 0 Å². The second-order valence-electron chi connectivity index (χ2n) is 4.29. The maximum atomic E-state index is 11.9. The second kappa shape index (κ2) is 7.14. The fraction of sp³-hybridized carbons (Fsp3) is 0.909. The molecule has 1 rings (SSSR count). The van der Waals surface area contributed by atoms with Crippen molar-refractivity contribution in [3.8, 4) is 0 Å². The lowest BCUT2D eigenvalue weighted by Crippen LogP contribution is -2.49. The summed E-state index contributed by atoms with van der Waals surface area (Å²) in [6.07, 6.45) is 0. The number of rotatable bonds is 6. The van der Waals surface area contributed by atoms with Gasteiger partial charge in [0.25, 0.3) is 0 Å². The molecule has 5 heteroatoms. The Bertz CT molecular complexity index is 218. The Kier molecular flexibility index (Phi) is 6.16. The molecule has 94 valence electrons. The summed E-state index contributed by atoms with van der Waals surface area (Å²) in [5.74, 6) is 2.23.